The molecule has 3 aromatic carbocycles. The van der Waals surface area contributed by atoms with Gasteiger partial charge in [0.05, 0.1) is 17.2 Å². The number of hydrogen-bond donors (Lipinski definition) is 2. The Balaban J connectivity index is 1.43. The minimum absolute atomic E-state index is 0.110. The minimum Gasteiger partial charge on any atom is -0.351 e. The molecule has 2 N–H and O–H groups in total. The third-order valence-corrected chi connectivity index (χ3v) is 5.19. The zero-order chi connectivity index (χ0) is 21.8. The summed E-state index contributed by atoms with van der Waals surface area (Å²) < 4.78 is 0. The van der Waals surface area contributed by atoms with Gasteiger partial charge in [0, 0.05) is 0 Å². The highest BCUT2D eigenvalue weighted by Gasteiger charge is 2.36. The molecule has 1 heterocycles. The van der Waals surface area contributed by atoms with Crippen molar-refractivity contribution in [2.75, 3.05) is 6.54 Å². The van der Waals surface area contributed by atoms with E-state index in [0.29, 0.717) is 11.1 Å². The Morgan fingerprint density at radius 1 is 0.774 bits per heavy atom. The Labute approximate surface area is 184 Å². The van der Waals surface area contributed by atoms with Crippen molar-refractivity contribution < 1.29 is 14.4 Å². The largest absolute Gasteiger partial charge is 0.351 e. The van der Waals surface area contributed by atoms with Gasteiger partial charge >= 0.3 is 0 Å². The van der Waals surface area contributed by atoms with Crippen molar-refractivity contribution in [2.24, 2.45) is 0 Å². The molecule has 0 aromatic heterocycles. The van der Waals surface area contributed by atoms with Gasteiger partial charge in [-0.15, -0.1) is 0 Å². The van der Waals surface area contributed by atoms with Crippen molar-refractivity contribution in [1.82, 2.24) is 15.5 Å². The first-order valence-electron chi connectivity index (χ1n) is 9.70. The van der Waals surface area contributed by atoms with Crippen LogP contribution in [0.15, 0.2) is 84.9 Å². The van der Waals surface area contributed by atoms with E-state index < -0.39 is 24.3 Å². The highest BCUT2D eigenvalue weighted by Crippen LogP contribution is 2.23. The second kappa shape index (κ2) is 8.89. The summed E-state index contributed by atoms with van der Waals surface area (Å²) in [7, 11) is 0. The first-order valence-corrected chi connectivity index (χ1v) is 10.1. The molecule has 0 radical (unpaired) electrons. The maximum Gasteiger partial charge on any atom is 0.262 e. The summed E-state index contributed by atoms with van der Waals surface area (Å²) in [6.07, 6.45) is 0. The fraction of sp³-hybridized carbons (Fsp3) is 0.0833. The number of carbonyl (C=O) groups is 3. The second-order valence-electron chi connectivity index (χ2n) is 7.02. The highest BCUT2D eigenvalue weighted by molar-refractivity contribution is 7.80. The van der Waals surface area contributed by atoms with Crippen LogP contribution in [0.1, 0.15) is 37.9 Å². The predicted octanol–water partition coefficient (Wildman–Crippen LogP) is 3.06. The Morgan fingerprint density at radius 3 is 1.71 bits per heavy atom. The number of hydrogen-bond acceptors (Lipinski definition) is 4. The van der Waals surface area contributed by atoms with Crippen LogP contribution >= 0.6 is 12.2 Å². The number of thiocarbonyl (C=S) groups is 1. The highest BCUT2D eigenvalue weighted by atomic mass is 32.1. The van der Waals surface area contributed by atoms with Gasteiger partial charge in [0.15, 0.2) is 5.11 Å². The fourth-order valence-corrected chi connectivity index (χ4v) is 3.74. The number of fused-ring (bicyclic) bond motifs is 1. The molecule has 4 rings (SSSR count). The molecule has 6 nitrogen and oxygen atoms in total. The van der Waals surface area contributed by atoms with Gasteiger partial charge < -0.3 is 10.6 Å². The van der Waals surface area contributed by atoms with Crippen LogP contribution in [0.2, 0.25) is 0 Å². The average molecular weight is 430 g/mol. The van der Waals surface area contributed by atoms with Crippen LogP contribution in [0.5, 0.6) is 0 Å². The number of nitrogens with one attached hydrogen (secondary N) is 2. The maximum atomic E-state index is 12.5. The molecule has 0 fully saturated rings. The van der Waals surface area contributed by atoms with E-state index in [1.54, 1.807) is 24.3 Å². The molecule has 1 aliphatic heterocycles. The molecule has 7 heteroatoms. The maximum absolute atomic E-state index is 12.5. The second-order valence-corrected chi connectivity index (χ2v) is 7.43. The normalized spacial score (nSPS) is 12.6. The minimum atomic E-state index is -0.549. The van der Waals surface area contributed by atoms with E-state index in [2.05, 4.69) is 10.6 Å². The summed E-state index contributed by atoms with van der Waals surface area (Å²) in [6, 6.07) is 25.7. The molecule has 0 bridgehead atoms. The molecule has 0 atom stereocenters. The summed E-state index contributed by atoms with van der Waals surface area (Å²) in [4.78, 5) is 38.4. The predicted molar refractivity (Wildman–Crippen MR) is 120 cm³/mol. The van der Waals surface area contributed by atoms with Crippen LogP contribution in [0.3, 0.4) is 0 Å². The van der Waals surface area contributed by atoms with Gasteiger partial charge in [-0.2, -0.15) is 0 Å². The molecule has 3 amide bonds. The van der Waals surface area contributed by atoms with Gasteiger partial charge in [-0.05, 0) is 35.5 Å². The number of nitrogens with zero attached hydrogens (tertiary/aromatic N) is 1. The van der Waals surface area contributed by atoms with Crippen LogP contribution < -0.4 is 10.6 Å². The van der Waals surface area contributed by atoms with Crippen LogP contribution in [-0.2, 0) is 4.79 Å². The Morgan fingerprint density at radius 2 is 1.23 bits per heavy atom. The first kappa shape index (κ1) is 20.4. The number of amides is 3. The van der Waals surface area contributed by atoms with E-state index >= 15 is 0 Å². The van der Waals surface area contributed by atoms with Crippen molar-refractivity contribution in [3.8, 4) is 0 Å². The molecular weight excluding hydrogens is 410 g/mol. The Bertz CT molecular complexity index is 1070. The first-order chi connectivity index (χ1) is 15.0. The lowest BCUT2D eigenvalue weighted by Gasteiger charge is -2.22. The van der Waals surface area contributed by atoms with Gasteiger partial charge in [0.25, 0.3) is 11.8 Å². The molecule has 0 saturated carbocycles. The summed E-state index contributed by atoms with van der Waals surface area (Å²) in [5.74, 6) is -1.52. The molecule has 1 aliphatic rings. The van der Waals surface area contributed by atoms with Gasteiger partial charge in [-0.25, -0.2) is 0 Å². The van der Waals surface area contributed by atoms with Crippen LogP contribution in [0.4, 0.5) is 0 Å². The lowest BCUT2D eigenvalue weighted by molar-refractivity contribution is -0.120. The lowest BCUT2D eigenvalue weighted by Crippen LogP contribution is -2.46. The van der Waals surface area contributed by atoms with Crippen LogP contribution in [-0.4, -0.2) is 34.3 Å². The van der Waals surface area contributed by atoms with Gasteiger partial charge in [-0.1, -0.05) is 72.8 Å². The van der Waals surface area contributed by atoms with Gasteiger partial charge in [0.1, 0.15) is 6.54 Å². The summed E-state index contributed by atoms with van der Waals surface area (Å²) >= 11 is 5.34. The molecule has 154 valence electrons. The molecule has 31 heavy (non-hydrogen) atoms. The smallest absolute Gasteiger partial charge is 0.262 e. The number of rotatable bonds is 5. The van der Waals surface area contributed by atoms with E-state index in [1.807, 2.05) is 60.7 Å². The molecule has 0 spiro atoms. The summed E-state index contributed by atoms with van der Waals surface area (Å²) in [5.41, 5.74) is 2.56. The van der Waals surface area contributed by atoms with Crippen molar-refractivity contribution in [3.05, 3.63) is 107 Å². The molecule has 0 saturated heterocycles. The van der Waals surface area contributed by atoms with Crippen LogP contribution in [0, 0.1) is 0 Å². The molecule has 0 aliphatic carbocycles. The SMILES string of the molecule is O=C(CN1C(=O)c2ccccc2C1=O)NC(=S)NC(c1ccccc1)c1ccccc1. The zero-order valence-electron chi connectivity index (χ0n) is 16.4. The number of carbonyl (C=O) groups excluding carboxylic acids is 3. The Hall–Kier alpha value is -3.84. The van der Waals surface area contributed by atoms with E-state index in [1.165, 1.54) is 0 Å². The monoisotopic (exact) mass is 429 g/mol. The topological polar surface area (TPSA) is 78.5 Å². The molecule has 3 aromatic rings. The van der Waals surface area contributed by atoms with Gasteiger partial charge in [-0.3, -0.25) is 19.3 Å². The van der Waals surface area contributed by atoms with Crippen molar-refractivity contribution in [2.45, 2.75) is 6.04 Å². The number of benzene rings is 3. The van der Waals surface area contributed by atoms with Crippen molar-refractivity contribution >= 4 is 35.1 Å². The third-order valence-electron chi connectivity index (χ3n) is 4.97. The van der Waals surface area contributed by atoms with E-state index in [-0.39, 0.29) is 11.2 Å². The third kappa shape index (κ3) is 4.36. The average Bonchev–Trinajstić information content (AvgIpc) is 3.03. The summed E-state index contributed by atoms with van der Waals surface area (Å²) in [5, 5.41) is 5.85. The molecular formula is C24H19N3O3S. The van der Waals surface area contributed by atoms with Crippen molar-refractivity contribution in [1.29, 1.82) is 0 Å². The van der Waals surface area contributed by atoms with Crippen molar-refractivity contribution in [3.63, 3.8) is 0 Å². The quantitative estimate of drug-likeness (QED) is 0.482. The molecule has 0 unspecified atom stereocenters. The fourth-order valence-electron chi connectivity index (χ4n) is 3.51. The number of imide groups is 1. The Kier molecular flexibility index (Phi) is 5.86. The zero-order valence-corrected chi connectivity index (χ0v) is 17.3. The summed E-state index contributed by atoms with van der Waals surface area (Å²) in [6.45, 7) is -0.407. The standard InChI is InChI=1S/C24H19N3O3S/c28-20(15-27-22(29)18-13-7-8-14-19(18)23(27)30)25-24(31)26-21(16-9-3-1-4-10-16)17-11-5-2-6-12-17/h1-14,21H,15H2,(H2,25,26,28,31). The van der Waals surface area contributed by atoms with Gasteiger partial charge in [0.2, 0.25) is 5.91 Å². The van der Waals surface area contributed by atoms with E-state index in [0.717, 1.165) is 16.0 Å². The van der Waals surface area contributed by atoms with E-state index in [9.17, 15) is 14.4 Å². The lowest BCUT2D eigenvalue weighted by atomic mass is 9.99. The van der Waals surface area contributed by atoms with E-state index in [4.69, 9.17) is 12.2 Å². The van der Waals surface area contributed by atoms with Crippen LogP contribution in [0.25, 0.3) is 0 Å².